The molecule has 114 valence electrons. The number of thiocarbonyl (C=S) groups is 1. The molecule has 2 fully saturated rings. The van der Waals surface area contributed by atoms with Crippen LogP contribution in [0.4, 0.5) is 5.69 Å². The van der Waals surface area contributed by atoms with E-state index in [-0.39, 0.29) is 6.17 Å². The number of rotatable bonds is 2. The Morgan fingerprint density at radius 1 is 1.00 bits per heavy atom. The molecule has 2 heterocycles. The number of hydrogen-bond acceptors (Lipinski definition) is 3. The Bertz CT molecular complexity index is 766. The van der Waals surface area contributed by atoms with Crippen LogP contribution in [-0.4, -0.2) is 28.2 Å². The van der Waals surface area contributed by atoms with Crippen LogP contribution in [0.15, 0.2) is 54.6 Å². The van der Waals surface area contributed by atoms with E-state index in [1.54, 1.807) is 0 Å². The van der Waals surface area contributed by atoms with E-state index in [0.29, 0.717) is 5.56 Å². The monoisotopic (exact) mass is 320 g/mol. The number of benzene rings is 2. The van der Waals surface area contributed by atoms with E-state index in [9.17, 15) is 0 Å². The smallest absolute Gasteiger partial charge is 0.192 e. The molecule has 4 rings (SSSR count). The molecule has 4 nitrogen and oxygen atoms in total. The van der Waals surface area contributed by atoms with Gasteiger partial charge in [-0.1, -0.05) is 30.3 Å². The second kappa shape index (κ2) is 5.65. The van der Waals surface area contributed by atoms with Crippen molar-refractivity contribution in [2.75, 3.05) is 18.0 Å². The van der Waals surface area contributed by atoms with Crippen LogP contribution in [-0.2, 0) is 0 Å². The molecule has 0 aromatic heterocycles. The van der Waals surface area contributed by atoms with Crippen molar-refractivity contribution in [2.24, 2.45) is 0 Å². The quantitative estimate of drug-likeness (QED) is 0.793. The van der Waals surface area contributed by atoms with Crippen molar-refractivity contribution >= 4 is 23.0 Å². The molecule has 2 aliphatic rings. The SMILES string of the molecule is N#Cc1ccc(C2N(c3ccccc3)C(=S)N3CCCN23)cc1. The van der Waals surface area contributed by atoms with E-state index in [0.717, 1.165) is 35.9 Å². The third kappa shape index (κ3) is 2.27. The number of fused-ring (bicyclic) bond motifs is 1. The Morgan fingerprint density at radius 3 is 2.43 bits per heavy atom. The highest BCUT2D eigenvalue weighted by Gasteiger charge is 2.45. The van der Waals surface area contributed by atoms with Gasteiger partial charge in [-0.25, -0.2) is 0 Å². The topological polar surface area (TPSA) is 33.5 Å². The molecule has 0 aliphatic carbocycles. The number of nitrogens with zero attached hydrogens (tertiary/aromatic N) is 4. The average Bonchev–Trinajstić information content (AvgIpc) is 3.18. The first-order valence-electron chi connectivity index (χ1n) is 7.72. The highest BCUT2D eigenvalue weighted by molar-refractivity contribution is 7.80. The van der Waals surface area contributed by atoms with Crippen molar-refractivity contribution < 1.29 is 0 Å². The molecule has 1 unspecified atom stereocenters. The number of anilines is 1. The molecule has 1 atom stereocenters. The lowest BCUT2D eigenvalue weighted by atomic mass is 10.1. The maximum atomic E-state index is 9.02. The number of para-hydroxylation sites is 1. The Labute approximate surface area is 141 Å². The first-order chi connectivity index (χ1) is 11.3. The summed E-state index contributed by atoms with van der Waals surface area (Å²) in [6, 6.07) is 20.3. The maximum absolute atomic E-state index is 9.02. The van der Waals surface area contributed by atoms with Gasteiger partial charge < -0.3 is 0 Å². The summed E-state index contributed by atoms with van der Waals surface area (Å²) >= 11 is 5.74. The largest absolute Gasteiger partial charge is 0.296 e. The van der Waals surface area contributed by atoms with Crippen LogP contribution in [0.25, 0.3) is 0 Å². The zero-order valence-corrected chi connectivity index (χ0v) is 13.4. The molecule has 0 spiro atoms. The number of hydrogen-bond donors (Lipinski definition) is 0. The van der Waals surface area contributed by atoms with Gasteiger partial charge in [-0.2, -0.15) is 10.3 Å². The molecular formula is C18H16N4S. The molecule has 23 heavy (non-hydrogen) atoms. The molecule has 2 aromatic carbocycles. The van der Waals surface area contributed by atoms with Gasteiger partial charge in [0.1, 0.15) is 6.17 Å². The van der Waals surface area contributed by atoms with Gasteiger partial charge in [0.25, 0.3) is 0 Å². The van der Waals surface area contributed by atoms with Crippen LogP contribution >= 0.6 is 12.2 Å². The van der Waals surface area contributed by atoms with Gasteiger partial charge in [-0.05, 0) is 48.5 Å². The minimum atomic E-state index is 0.0557. The van der Waals surface area contributed by atoms with Crippen LogP contribution in [0.1, 0.15) is 23.7 Å². The van der Waals surface area contributed by atoms with Crippen molar-refractivity contribution in [1.29, 1.82) is 5.26 Å². The average molecular weight is 320 g/mol. The predicted octanol–water partition coefficient (Wildman–Crippen LogP) is 3.28. The van der Waals surface area contributed by atoms with E-state index in [1.807, 2.05) is 42.5 Å². The molecule has 2 aliphatic heterocycles. The van der Waals surface area contributed by atoms with Crippen LogP contribution in [0.2, 0.25) is 0 Å². The van der Waals surface area contributed by atoms with E-state index < -0.39 is 0 Å². The van der Waals surface area contributed by atoms with Crippen molar-refractivity contribution in [3.63, 3.8) is 0 Å². The summed E-state index contributed by atoms with van der Waals surface area (Å²) in [6.07, 6.45) is 1.18. The molecule has 0 saturated carbocycles. The minimum absolute atomic E-state index is 0.0557. The van der Waals surface area contributed by atoms with E-state index in [4.69, 9.17) is 17.5 Å². The minimum Gasteiger partial charge on any atom is -0.296 e. The standard InChI is InChI=1S/C18H16N4S/c19-13-14-7-9-15(10-8-14)17-20-11-4-12-21(20)18(23)22(17)16-5-2-1-3-6-16/h1-3,5-10,17H,4,11-12H2. The summed E-state index contributed by atoms with van der Waals surface area (Å²) < 4.78 is 0. The summed E-state index contributed by atoms with van der Waals surface area (Å²) in [5, 5.41) is 14.4. The van der Waals surface area contributed by atoms with Crippen LogP contribution in [0, 0.1) is 11.3 Å². The second-order valence-electron chi connectivity index (χ2n) is 5.74. The van der Waals surface area contributed by atoms with Crippen LogP contribution in [0.3, 0.4) is 0 Å². The van der Waals surface area contributed by atoms with Gasteiger partial charge in [-0.15, -0.1) is 0 Å². The lowest BCUT2D eigenvalue weighted by molar-refractivity contribution is 0.0923. The van der Waals surface area contributed by atoms with Crippen molar-refractivity contribution in [1.82, 2.24) is 10.0 Å². The van der Waals surface area contributed by atoms with Gasteiger partial charge in [0.2, 0.25) is 0 Å². The molecule has 0 bridgehead atoms. The first-order valence-corrected chi connectivity index (χ1v) is 8.13. The zero-order chi connectivity index (χ0) is 15.8. The molecule has 0 N–H and O–H groups in total. The predicted molar refractivity (Wildman–Crippen MR) is 93.4 cm³/mol. The fourth-order valence-corrected chi connectivity index (χ4v) is 3.75. The Morgan fingerprint density at radius 2 is 1.74 bits per heavy atom. The highest BCUT2D eigenvalue weighted by Crippen LogP contribution is 2.40. The molecule has 2 aromatic rings. The highest BCUT2D eigenvalue weighted by atomic mass is 32.1. The normalized spacial score (nSPS) is 20.7. The Kier molecular flexibility index (Phi) is 3.49. The molecule has 2 saturated heterocycles. The molecular weight excluding hydrogens is 304 g/mol. The van der Waals surface area contributed by atoms with Crippen molar-refractivity contribution in [3.8, 4) is 6.07 Å². The molecule has 0 radical (unpaired) electrons. The molecule has 0 amide bonds. The number of hydrazine groups is 1. The van der Waals surface area contributed by atoms with E-state index in [2.05, 4.69) is 33.1 Å². The molecule has 5 heteroatoms. The fraction of sp³-hybridized carbons (Fsp3) is 0.222. The summed E-state index contributed by atoms with van der Waals surface area (Å²) in [5.74, 6) is 0. The Balaban J connectivity index is 1.79. The fourth-order valence-electron chi connectivity index (χ4n) is 3.34. The van der Waals surface area contributed by atoms with Crippen LogP contribution in [0.5, 0.6) is 0 Å². The van der Waals surface area contributed by atoms with Crippen molar-refractivity contribution in [3.05, 3.63) is 65.7 Å². The maximum Gasteiger partial charge on any atom is 0.192 e. The Hall–Kier alpha value is -2.42. The zero-order valence-electron chi connectivity index (χ0n) is 12.6. The second-order valence-corrected chi connectivity index (χ2v) is 6.10. The van der Waals surface area contributed by atoms with Gasteiger partial charge in [0.05, 0.1) is 11.6 Å². The third-order valence-electron chi connectivity index (χ3n) is 4.39. The number of nitriles is 1. The third-order valence-corrected chi connectivity index (χ3v) is 4.80. The van der Waals surface area contributed by atoms with E-state index in [1.165, 1.54) is 0 Å². The summed E-state index contributed by atoms with van der Waals surface area (Å²) in [4.78, 5) is 2.20. The lowest BCUT2D eigenvalue weighted by Crippen LogP contribution is -2.32. The van der Waals surface area contributed by atoms with Gasteiger partial charge in [0, 0.05) is 18.8 Å². The van der Waals surface area contributed by atoms with Gasteiger partial charge >= 0.3 is 0 Å². The van der Waals surface area contributed by atoms with Crippen molar-refractivity contribution in [2.45, 2.75) is 12.6 Å². The lowest BCUT2D eigenvalue weighted by Gasteiger charge is -2.28. The summed E-state index contributed by atoms with van der Waals surface area (Å²) in [7, 11) is 0. The van der Waals surface area contributed by atoms with Gasteiger partial charge in [-0.3, -0.25) is 9.91 Å². The van der Waals surface area contributed by atoms with Gasteiger partial charge in [0.15, 0.2) is 5.11 Å². The first kappa shape index (κ1) is 14.2. The van der Waals surface area contributed by atoms with E-state index >= 15 is 0 Å². The van der Waals surface area contributed by atoms with Crippen LogP contribution < -0.4 is 4.90 Å². The summed E-state index contributed by atoms with van der Waals surface area (Å²) in [6.45, 7) is 1.96. The summed E-state index contributed by atoms with van der Waals surface area (Å²) in [5.41, 5.74) is 2.93.